The van der Waals surface area contributed by atoms with Crippen LogP contribution in [0.1, 0.15) is 6.42 Å². The van der Waals surface area contributed by atoms with Gasteiger partial charge in [-0.25, -0.2) is 0 Å². The summed E-state index contributed by atoms with van der Waals surface area (Å²) in [6.45, 7) is 5.95. The Kier molecular flexibility index (Phi) is 1.89. The fourth-order valence-electron chi connectivity index (χ4n) is 1.99. The number of ether oxygens (including phenoxy) is 1. The van der Waals surface area contributed by atoms with Crippen LogP contribution in [0.5, 0.6) is 0 Å². The zero-order chi connectivity index (χ0) is 8.55. The molecule has 2 fully saturated rings. The molecule has 0 unspecified atom stereocenters. The van der Waals surface area contributed by atoms with Gasteiger partial charge in [0.15, 0.2) is 0 Å². The standard InChI is InChI=1S/C9H13NO2/c1-2-9(11)10-5-7-3-4-12-8(7)6-10/h2,7-8H,1,3-6H2/t7-,8+/m0/s1. The molecule has 3 heteroatoms. The summed E-state index contributed by atoms with van der Waals surface area (Å²) in [6, 6.07) is 0. The van der Waals surface area contributed by atoms with Crippen LogP contribution in [0.3, 0.4) is 0 Å². The van der Waals surface area contributed by atoms with Crippen molar-refractivity contribution < 1.29 is 9.53 Å². The fourth-order valence-corrected chi connectivity index (χ4v) is 1.99. The number of nitrogens with zero attached hydrogens (tertiary/aromatic N) is 1. The average Bonchev–Trinajstić information content (AvgIpc) is 2.60. The minimum atomic E-state index is 0.0352. The van der Waals surface area contributed by atoms with Crippen molar-refractivity contribution >= 4 is 5.91 Å². The lowest BCUT2D eigenvalue weighted by molar-refractivity contribution is -0.125. The summed E-state index contributed by atoms with van der Waals surface area (Å²) in [7, 11) is 0. The van der Waals surface area contributed by atoms with E-state index in [1.165, 1.54) is 6.08 Å². The Morgan fingerprint density at radius 1 is 1.58 bits per heavy atom. The minimum absolute atomic E-state index is 0.0352. The molecule has 3 nitrogen and oxygen atoms in total. The van der Waals surface area contributed by atoms with Crippen LogP contribution < -0.4 is 0 Å². The summed E-state index contributed by atoms with van der Waals surface area (Å²) >= 11 is 0. The van der Waals surface area contributed by atoms with Crippen LogP contribution in [0.4, 0.5) is 0 Å². The molecule has 2 rings (SSSR count). The van der Waals surface area contributed by atoms with Gasteiger partial charge in [0, 0.05) is 25.6 Å². The molecule has 0 N–H and O–H groups in total. The molecule has 0 aromatic heterocycles. The molecule has 2 aliphatic rings. The third-order valence-corrected chi connectivity index (χ3v) is 2.69. The van der Waals surface area contributed by atoms with Gasteiger partial charge in [-0.2, -0.15) is 0 Å². The number of amides is 1. The highest BCUT2D eigenvalue weighted by atomic mass is 16.5. The van der Waals surface area contributed by atoms with E-state index in [2.05, 4.69) is 6.58 Å². The first-order chi connectivity index (χ1) is 5.81. The number of carbonyl (C=O) groups is 1. The van der Waals surface area contributed by atoms with E-state index in [-0.39, 0.29) is 5.91 Å². The molecule has 2 heterocycles. The number of carbonyl (C=O) groups excluding carboxylic acids is 1. The van der Waals surface area contributed by atoms with E-state index in [1.807, 2.05) is 4.90 Å². The van der Waals surface area contributed by atoms with Crippen LogP contribution in [-0.2, 0) is 9.53 Å². The quantitative estimate of drug-likeness (QED) is 0.530. The largest absolute Gasteiger partial charge is 0.376 e. The molecule has 2 atom stereocenters. The first-order valence-corrected chi connectivity index (χ1v) is 4.34. The number of fused-ring (bicyclic) bond motifs is 1. The van der Waals surface area contributed by atoms with E-state index in [0.29, 0.717) is 12.0 Å². The number of hydrogen-bond donors (Lipinski definition) is 0. The second-order valence-corrected chi connectivity index (χ2v) is 3.41. The van der Waals surface area contributed by atoms with Crippen LogP contribution in [-0.4, -0.2) is 36.6 Å². The topological polar surface area (TPSA) is 29.5 Å². The number of rotatable bonds is 1. The summed E-state index contributed by atoms with van der Waals surface area (Å²) in [5.41, 5.74) is 0. The molecule has 2 saturated heterocycles. The number of hydrogen-bond acceptors (Lipinski definition) is 2. The Morgan fingerprint density at radius 2 is 2.42 bits per heavy atom. The monoisotopic (exact) mass is 167 g/mol. The van der Waals surface area contributed by atoms with Gasteiger partial charge in [-0.3, -0.25) is 4.79 Å². The maximum atomic E-state index is 11.2. The van der Waals surface area contributed by atoms with Crippen molar-refractivity contribution in [2.75, 3.05) is 19.7 Å². The SMILES string of the molecule is C=CC(=O)N1C[C@@H]2CCO[C@@H]2C1. The molecule has 0 aromatic rings. The maximum absolute atomic E-state index is 11.2. The molecule has 0 bridgehead atoms. The normalized spacial score (nSPS) is 33.5. The Bertz CT molecular complexity index is 203. The summed E-state index contributed by atoms with van der Waals surface area (Å²) in [6.07, 6.45) is 2.78. The Morgan fingerprint density at radius 3 is 3.08 bits per heavy atom. The maximum Gasteiger partial charge on any atom is 0.246 e. The Labute approximate surface area is 72.0 Å². The molecule has 12 heavy (non-hydrogen) atoms. The Hall–Kier alpha value is -0.830. The van der Waals surface area contributed by atoms with Gasteiger partial charge in [-0.15, -0.1) is 0 Å². The predicted molar refractivity (Wildman–Crippen MR) is 44.6 cm³/mol. The Balaban J connectivity index is 1.98. The van der Waals surface area contributed by atoms with E-state index in [4.69, 9.17) is 4.74 Å². The molecular weight excluding hydrogens is 154 g/mol. The molecule has 0 aliphatic carbocycles. The van der Waals surface area contributed by atoms with Crippen molar-refractivity contribution in [2.45, 2.75) is 12.5 Å². The lowest BCUT2D eigenvalue weighted by Gasteiger charge is -2.13. The van der Waals surface area contributed by atoms with Crippen molar-refractivity contribution in [3.8, 4) is 0 Å². The fraction of sp³-hybridized carbons (Fsp3) is 0.667. The zero-order valence-electron chi connectivity index (χ0n) is 7.03. The highest BCUT2D eigenvalue weighted by molar-refractivity contribution is 5.87. The van der Waals surface area contributed by atoms with Crippen LogP contribution in [0.15, 0.2) is 12.7 Å². The highest BCUT2D eigenvalue weighted by Crippen LogP contribution is 2.28. The predicted octanol–water partition coefficient (Wildman–Crippen LogP) is 0.420. The second kappa shape index (κ2) is 2.90. The van der Waals surface area contributed by atoms with Gasteiger partial charge in [-0.05, 0) is 12.5 Å². The molecular formula is C9H13NO2. The molecule has 66 valence electrons. The van der Waals surface area contributed by atoms with E-state index in [1.54, 1.807) is 0 Å². The van der Waals surface area contributed by atoms with E-state index in [0.717, 1.165) is 26.1 Å². The van der Waals surface area contributed by atoms with Crippen molar-refractivity contribution in [3.05, 3.63) is 12.7 Å². The summed E-state index contributed by atoms with van der Waals surface area (Å²) in [5.74, 6) is 0.613. The van der Waals surface area contributed by atoms with Gasteiger partial charge in [0.25, 0.3) is 0 Å². The van der Waals surface area contributed by atoms with Crippen molar-refractivity contribution in [1.82, 2.24) is 4.90 Å². The third-order valence-electron chi connectivity index (χ3n) is 2.69. The van der Waals surface area contributed by atoms with Gasteiger partial charge in [-0.1, -0.05) is 6.58 Å². The van der Waals surface area contributed by atoms with E-state index >= 15 is 0 Å². The zero-order valence-corrected chi connectivity index (χ0v) is 7.03. The molecule has 2 aliphatic heterocycles. The van der Waals surface area contributed by atoms with Gasteiger partial charge in [0.2, 0.25) is 5.91 Å². The first-order valence-electron chi connectivity index (χ1n) is 4.34. The van der Waals surface area contributed by atoms with Crippen LogP contribution in [0.2, 0.25) is 0 Å². The average molecular weight is 167 g/mol. The summed E-state index contributed by atoms with van der Waals surface area (Å²) in [5, 5.41) is 0. The number of likely N-dealkylation sites (tertiary alicyclic amines) is 1. The first kappa shape index (κ1) is 7.80. The lowest BCUT2D eigenvalue weighted by atomic mass is 10.1. The molecule has 0 spiro atoms. The molecule has 1 amide bonds. The second-order valence-electron chi connectivity index (χ2n) is 3.41. The summed E-state index contributed by atoms with van der Waals surface area (Å²) in [4.78, 5) is 13.0. The smallest absolute Gasteiger partial charge is 0.246 e. The van der Waals surface area contributed by atoms with Crippen molar-refractivity contribution in [1.29, 1.82) is 0 Å². The summed E-state index contributed by atoms with van der Waals surface area (Å²) < 4.78 is 5.47. The van der Waals surface area contributed by atoms with Gasteiger partial charge < -0.3 is 9.64 Å². The van der Waals surface area contributed by atoms with Crippen LogP contribution in [0.25, 0.3) is 0 Å². The van der Waals surface area contributed by atoms with Gasteiger partial charge in [0.05, 0.1) is 6.10 Å². The minimum Gasteiger partial charge on any atom is -0.376 e. The van der Waals surface area contributed by atoms with Crippen molar-refractivity contribution in [2.24, 2.45) is 5.92 Å². The lowest BCUT2D eigenvalue weighted by Crippen LogP contribution is -2.28. The van der Waals surface area contributed by atoms with Crippen molar-refractivity contribution in [3.63, 3.8) is 0 Å². The van der Waals surface area contributed by atoms with E-state index in [9.17, 15) is 4.79 Å². The molecule has 0 aromatic carbocycles. The van der Waals surface area contributed by atoms with Gasteiger partial charge in [0.1, 0.15) is 0 Å². The van der Waals surface area contributed by atoms with Crippen LogP contribution >= 0.6 is 0 Å². The molecule has 0 saturated carbocycles. The molecule has 0 radical (unpaired) electrons. The van der Waals surface area contributed by atoms with Crippen LogP contribution in [0, 0.1) is 5.92 Å². The third kappa shape index (κ3) is 1.14. The highest BCUT2D eigenvalue weighted by Gasteiger charge is 2.38. The van der Waals surface area contributed by atoms with E-state index < -0.39 is 0 Å². The van der Waals surface area contributed by atoms with Gasteiger partial charge >= 0.3 is 0 Å².